The van der Waals surface area contributed by atoms with Crippen LogP contribution in [0.15, 0.2) is 6.07 Å². The van der Waals surface area contributed by atoms with Crippen molar-refractivity contribution >= 4 is 6.09 Å². The Balaban J connectivity index is 1.57. The van der Waals surface area contributed by atoms with Gasteiger partial charge in [0.15, 0.2) is 0 Å². The molecule has 23 heavy (non-hydrogen) atoms. The van der Waals surface area contributed by atoms with Crippen LogP contribution in [0.25, 0.3) is 0 Å². The maximum atomic E-state index is 11.9. The van der Waals surface area contributed by atoms with Crippen molar-refractivity contribution in [1.29, 1.82) is 0 Å². The second kappa shape index (κ2) is 5.95. The Morgan fingerprint density at radius 1 is 1.26 bits per heavy atom. The Hall–Kier alpha value is -1.91. The van der Waals surface area contributed by atoms with Crippen LogP contribution < -0.4 is 9.47 Å². The standard InChI is InChI=1S/C18H23NO4/c1-2-21-18(20)19-7-3-12(4-8-19)16-14-6-10-22-15(14)11-13-5-9-23-17(13)16/h11-12H,2-10H2,1H3. The Labute approximate surface area is 136 Å². The second-order valence-electron chi connectivity index (χ2n) is 6.41. The summed E-state index contributed by atoms with van der Waals surface area (Å²) in [5, 5.41) is 0. The first-order valence-corrected chi connectivity index (χ1v) is 8.64. The minimum absolute atomic E-state index is 0.186. The summed E-state index contributed by atoms with van der Waals surface area (Å²) in [7, 11) is 0. The average Bonchev–Trinajstić information content (AvgIpc) is 3.21. The van der Waals surface area contributed by atoms with Crippen LogP contribution in [0, 0.1) is 0 Å². The van der Waals surface area contributed by atoms with Crippen LogP contribution >= 0.6 is 0 Å². The number of hydrogen-bond donors (Lipinski definition) is 0. The zero-order chi connectivity index (χ0) is 15.8. The summed E-state index contributed by atoms with van der Waals surface area (Å²) in [6.45, 7) is 5.33. The number of fused-ring (bicyclic) bond motifs is 2. The number of hydrogen-bond acceptors (Lipinski definition) is 4. The molecule has 0 aromatic heterocycles. The second-order valence-corrected chi connectivity index (χ2v) is 6.41. The Kier molecular flexibility index (Phi) is 3.79. The number of likely N-dealkylation sites (tertiary alicyclic amines) is 1. The lowest BCUT2D eigenvalue weighted by Crippen LogP contribution is -2.38. The molecule has 3 aliphatic heterocycles. The zero-order valence-corrected chi connectivity index (χ0v) is 13.6. The van der Waals surface area contributed by atoms with Crippen LogP contribution in [0.1, 0.15) is 42.4 Å². The van der Waals surface area contributed by atoms with Crippen LogP contribution in [-0.2, 0) is 17.6 Å². The molecule has 0 atom stereocenters. The highest BCUT2D eigenvalue weighted by Gasteiger charge is 2.33. The van der Waals surface area contributed by atoms with Gasteiger partial charge in [-0.15, -0.1) is 0 Å². The molecule has 0 bridgehead atoms. The SMILES string of the molecule is CCOC(=O)N1CCC(c2c3c(cc4c2OCC4)OCC3)CC1. The van der Waals surface area contributed by atoms with Crippen LogP contribution in [0.2, 0.25) is 0 Å². The number of nitrogens with zero attached hydrogens (tertiary/aromatic N) is 1. The third kappa shape index (κ3) is 2.52. The maximum absolute atomic E-state index is 11.9. The van der Waals surface area contributed by atoms with Crippen molar-refractivity contribution < 1.29 is 19.0 Å². The summed E-state index contributed by atoms with van der Waals surface area (Å²) in [5.74, 6) is 2.60. The molecule has 1 fully saturated rings. The van der Waals surface area contributed by atoms with E-state index in [4.69, 9.17) is 14.2 Å². The van der Waals surface area contributed by atoms with Crippen molar-refractivity contribution in [3.05, 3.63) is 22.8 Å². The first kappa shape index (κ1) is 14.7. The van der Waals surface area contributed by atoms with Gasteiger partial charge in [-0.1, -0.05) is 0 Å². The first-order chi connectivity index (χ1) is 11.3. The topological polar surface area (TPSA) is 48.0 Å². The normalized spacial score (nSPS) is 19.8. The minimum atomic E-state index is -0.186. The third-order valence-electron chi connectivity index (χ3n) is 5.12. The van der Waals surface area contributed by atoms with Crippen molar-refractivity contribution in [2.75, 3.05) is 32.9 Å². The molecule has 5 nitrogen and oxygen atoms in total. The maximum Gasteiger partial charge on any atom is 0.409 e. The lowest BCUT2D eigenvalue weighted by atomic mass is 9.84. The first-order valence-electron chi connectivity index (χ1n) is 8.64. The molecule has 0 unspecified atom stereocenters. The summed E-state index contributed by atoms with van der Waals surface area (Å²) in [4.78, 5) is 13.7. The van der Waals surface area contributed by atoms with Crippen molar-refractivity contribution in [3.8, 4) is 11.5 Å². The molecular weight excluding hydrogens is 294 g/mol. The highest BCUT2D eigenvalue weighted by Crippen LogP contribution is 2.46. The monoisotopic (exact) mass is 317 g/mol. The van der Waals surface area contributed by atoms with Crippen molar-refractivity contribution in [2.24, 2.45) is 0 Å². The van der Waals surface area contributed by atoms with Gasteiger partial charge >= 0.3 is 6.09 Å². The van der Waals surface area contributed by atoms with E-state index in [0.29, 0.717) is 12.5 Å². The molecule has 1 aromatic rings. The highest BCUT2D eigenvalue weighted by molar-refractivity contribution is 5.67. The van der Waals surface area contributed by atoms with Crippen LogP contribution in [-0.4, -0.2) is 43.9 Å². The Morgan fingerprint density at radius 2 is 2.04 bits per heavy atom. The Morgan fingerprint density at radius 3 is 2.83 bits per heavy atom. The van der Waals surface area contributed by atoms with E-state index in [2.05, 4.69) is 6.07 Å². The van der Waals surface area contributed by atoms with Gasteiger partial charge in [0.25, 0.3) is 0 Å². The fourth-order valence-electron chi connectivity index (χ4n) is 4.02. The highest BCUT2D eigenvalue weighted by atomic mass is 16.6. The summed E-state index contributed by atoms with van der Waals surface area (Å²) in [5.41, 5.74) is 3.98. The van der Waals surface area contributed by atoms with Gasteiger partial charge in [0.1, 0.15) is 11.5 Å². The van der Waals surface area contributed by atoms with Crippen molar-refractivity contribution in [1.82, 2.24) is 4.90 Å². The molecule has 124 valence electrons. The van der Waals surface area contributed by atoms with Gasteiger partial charge in [0.2, 0.25) is 0 Å². The van der Waals surface area contributed by atoms with E-state index >= 15 is 0 Å². The summed E-state index contributed by atoms with van der Waals surface area (Å²) in [6, 6.07) is 2.17. The van der Waals surface area contributed by atoms with Crippen molar-refractivity contribution in [3.63, 3.8) is 0 Å². The lowest BCUT2D eigenvalue weighted by molar-refractivity contribution is 0.0969. The van der Waals surface area contributed by atoms with Gasteiger partial charge in [0.05, 0.1) is 19.8 Å². The molecule has 1 saturated heterocycles. The number of carbonyl (C=O) groups is 1. The molecule has 1 amide bonds. The fraction of sp³-hybridized carbons (Fsp3) is 0.611. The number of rotatable bonds is 2. The van der Waals surface area contributed by atoms with Gasteiger partial charge in [0, 0.05) is 42.6 Å². The Bertz CT molecular complexity index is 588. The number of amides is 1. The molecule has 3 heterocycles. The summed E-state index contributed by atoms with van der Waals surface area (Å²) >= 11 is 0. The molecule has 4 rings (SSSR count). The molecular formula is C18H23NO4. The number of benzene rings is 1. The minimum Gasteiger partial charge on any atom is -0.493 e. The van der Waals surface area contributed by atoms with E-state index in [9.17, 15) is 4.79 Å². The molecule has 1 aromatic carbocycles. The molecule has 0 saturated carbocycles. The van der Waals surface area contributed by atoms with E-state index in [1.807, 2.05) is 11.8 Å². The number of carbonyl (C=O) groups excluding carboxylic acids is 1. The van der Waals surface area contributed by atoms with Gasteiger partial charge < -0.3 is 19.1 Å². The van der Waals surface area contributed by atoms with Crippen molar-refractivity contribution in [2.45, 2.75) is 38.5 Å². The van der Waals surface area contributed by atoms with E-state index in [1.54, 1.807) is 0 Å². The van der Waals surface area contributed by atoms with E-state index < -0.39 is 0 Å². The van der Waals surface area contributed by atoms with E-state index in [1.165, 1.54) is 16.7 Å². The molecule has 0 radical (unpaired) electrons. The van der Waals surface area contributed by atoms with E-state index in [-0.39, 0.29) is 6.09 Å². The van der Waals surface area contributed by atoms with Crippen LogP contribution in [0.3, 0.4) is 0 Å². The fourth-order valence-corrected chi connectivity index (χ4v) is 4.02. The number of piperidine rings is 1. The van der Waals surface area contributed by atoms with Gasteiger partial charge in [-0.25, -0.2) is 4.79 Å². The molecule has 0 N–H and O–H groups in total. The average molecular weight is 317 g/mol. The predicted octanol–water partition coefficient (Wildman–Crippen LogP) is 2.89. The molecule has 0 spiro atoms. The largest absolute Gasteiger partial charge is 0.493 e. The lowest BCUT2D eigenvalue weighted by Gasteiger charge is -2.32. The summed E-state index contributed by atoms with van der Waals surface area (Å²) in [6.07, 6.45) is 3.69. The molecule has 3 aliphatic rings. The summed E-state index contributed by atoms with van der Waals surface area (Å²) < 4.78 is 16.9. The van der Waals surface area contributed by atoms with Crippen LogP contribution in [0.5, 0.6) is 11.5 Å². The van der Waals surface area contributed by atoms with Crippen LogP contribution in [0.4, 0.5) is 4.79 Å². The zero-order valence-electron chi connectivity index (χ0n) is 13.6. The molecule has 0 aliphatic carbocycles. The quantitative estimate of drug-likeness (QED) is 0.841. The number of ether oxygens (including phenoxy) is 3. The van der Waals surface area contributed by atoms with Gasteiger partial charge in [-0.05, 0) is 31.7 Å². The predicted molar refractivity (Wildman–Crippen MR) is 85.4 cm³/mol. The third-order valence-corrected chi connectivity index (χ3v) is 5.12. The smallest absolute Gasteiger partial charge is 0.409 e. The van der Waals surface area contributed by atoms with Gasteiger partial charge in [-0.3, -0.25) is 0 Å². The van der Waals surface area contributed by atoms with Gasteiger partial charge in [-0.2, -0.15) is 0 Å². The molecule has 5 heteroatoms. The van der Waals surface area contributed by atoms with E-state index in [0.717, 1.165) is 63.5 Å².